The van der Waals surface area contributed by atoms with E-state index in [1.807, 2.05) is 48.2 Å². The summed E-state index contributed by atoms with van der Waals surface area (Å²) in [4.78, 5) is 57.9. The maximum absolute atomic E-state index is 14.2. The molecule has 1 fully saturated rings. The monoisotopic (exact) mass is 646 g/mol. The molecule has 1 saturated carbocycles. The molecule has 3 aliphatic carbocycles. The molecule has 1 amide bonds. The summed E-state index contributed by atoms with van der Waals surface area (Å²) in [7, 11) is 10.6. The molecular weight excluding hydrogens is 604 g/mol. The number of hydrogen-bond donors (Lipinski definition) is 5. The fourth-order valence-corrected chi connectivity index (χ4v) is 7.44. The molecule has 4 unspecified atom stereocenters. The van der Waals surface area contributed by atoms with Gasteiger partial charge in [0.25, 0.3) is 5.91 Å². The van der Waals surface area contributed by atoms with Gasteiger partial charge in [0, 0.05) is 63.9 Å². The molecule has 47 heavy (non-hydrogen) atoms. The normalized spacial score (nSPS) is 23.8. The first-order chi connectivity index (χ1) is 22.0. The highest BCUT2D eigenvalue weighted by Crippen LogP contribution is 2.54. The van der Waals surface area contributed by atoms with Crippen LogP contribution in [0.15, 0.2) is 47.2 Å². The van der Waals surface area contributed by atoms with E-state index in [4.69, 9.17) is 5.73 Å². The highest BCUT2D eigenvalue weighted by atomic mass is 16.3. The minimum Gasteiger partial charge on any atom is -0.508 e. The van der Waals surface area contributed by atoms with Crippen LogP contribution in [0.5, 0.6) is 5.75 Å². The maximum Gasteiger partial charge on any atom is 0.255 e. The summed E-state index contributed by atoms with van der Waals surface area (Å²) in [5, 5.41) is 46.1. The maximum atomic E-state index is 14.2. The lowest BCUT2D eigenvalue weighted by Crippen LogP contribution is -2.65. The van der Waals surface area contributed by atoms with Gasteiger partial charge in [-0.1, -0.05) is 12.1 Å². The van der Waals surface area contributed by atoms with Crippen LogP contribution in [-0.4, -0.2) is 103 Å². The standard InChI is InChI=1S/C35H42N4O8/c1-37(2)20-10-7-17(8-11-20)13-21(40)12-9-18-16-24(38(3)4)22-14-19-15-23-28(39(5)6)31(43)27(34(36)46)33(45)35(23,47)32(44)25(19)30(42)26(22)29(18)41/h7-8,10-11,16,19,23,28,41-42,45,47H,9,12-15H2,1-6H3,(H2,36,46). The van der Waals surface area contributed by atoms with Crippen molar-refractivity contribution in [1.29, 1.82) is 0 Å². The number of amides is 1. The summed E-state index contributed by atoms with van der Waals surface area (Å²) in [6, 6.07) is 8.29. The summed E-state index contributed by atoms with van der Waals surface area (Å²) >= 11 is 0. The quantitative estimate of drug-likeness (QED) is 0.251. The van der Waals surface area contributed by atoms with Gasteiger partial charge in [-0.15, -0.1) is 0 Å². The van der Waals surface area contributed by atoms with Crippen molar-refractivity contribution in [3.8, 4) is 5.75 Å². The number of ketones is 3. The summed E-state index contributed by atoms with van der Waals surface area (Å²) in [6.07, 6.45) is 0.678. The van der Waals surface area contributed by atoms with Gasteiger partial charge in [-0.05, 0) is 74.2 Å². The van der Waals surface area contributed by atoms with E-state index < -0.39 is 58.0 Å². The number of aliphatic hydroxyl groups excluding tert-OH is 2. The first-order valence-corrected chi connectivity index (χ1v) is 15.5. The molecule has 0 spiro atoms. The lowest BCUT2D eigenvalue weighted by atomic mass is 9.57. The Kier molecular flexibility index (Phi) is 8.71. The van der Waals surface area contributed by atoms with Crippen molar-refractivity contribution >= 4 is 40.4 Å². The smallest absolute Gasteiger partial charge is 0.255 e. The molecule has 0 saturated heterocycles. The number of fused-ring (bicyclic) bond motifs is 3. The van der Waals surface area contributed by atoms with Crippen molar-refractivity contribution in [1.82, 2.24) is 4.90 Å². The number of hydrogen-bond acceptors (Lipinski definition) is 11. The number of phenolic OH excluding ortho intramolecular Hbond substituents is 1. The fraction of sp³-hybridized carbons (Fsp3) is 0.429. The number of Topliss-reactive ketones (excluding diaryl/α,β-unsaturated/α-hetero) is 3. The molecule has 3 aliphatic rings. The average Bonchev–Trinajstić information content (AvgIpc) is 2.98. The van der Waals surface area contributed by atoms with E-state index in [9.17, 15) is 39.6 Å². The van der Waals surface area contributed by atoms with Crippen molar-refractivity contribution in [2.75, 3.05) is 52.1 Å². The third kappa shape index (κ3) is 5.44. The Labute approximate surface area is 273 Å². The Balaban J connectivity index is 1.53. The molecule has 0 radical (unpaired) electrons. The van der Waals surface area contributed by atoms with Gasteiger partial charge in [0.1, 0.15) is 28.6 Å². The number of anilines is 2. The Hall–Kier alpha value is -4.68. The second-order valence-electron chi connectivity index (χ2n) is 13.4. The number of nitrogens with two attached hydrogens (primary N) is 1. The Bertz CT molecular complexity index is 1740. The molecule has 250 valence electrons. The topological polar surface area (TPSA) is 185 Å². The number of primary amides is 1. The number of rotatable bonds is 9. The molecule has 12 heteroatoms. The first kappa shape index (κ1) is 33.7. The number of aromatic hydroxyl groups is 1. The van der Waals surface area contributed by atoms with E-state index >= 15 is 0 Å². The average molecular weight is 647 g/mol. The van der Waals surface area contributed by atoms with Gasteiger partial charge < -0.3 is 36.0 Å². The van der Waals surface area contributed by atoms with Crippen LogP contribution in [-0.2, 0) is 38.4 Å². The molecule has 0 aliphatic heterocycles. The summed E-state index contributed by atoms with van der Waals surface area (Å²) in [6.45, 7) is 0. The molecule has 2 aromatic rings. The Morgan fingerprint density at radius 2 is 1.62 bits per heavy atom. The fourth-order valence-electron chi connectivity index (χ4n) is 7.44. The van der Waals surface area contributed by atoms with Crippen molar-refractivity contribution in [2.45, 2.75) is 43.7 Å². The number of likely N-dealkylation sites (N-methyl/N-ethyl adjacent to an activating group) is 1. The minimum atomic E-state index is -2.71. The molecule has 0 aromatic heterocycles. The second kappa shape index (κ2) is 12.2. The van der Waals surface area contributed by atoms with E-state index in [-0.39, 0.29) is 54.8 Å². The molecule has 5 rings (SSSR count). The van der Waals surface area contributed by atoms with Crippen LogP contribution in [0.4, 0.5) is 11.4 Å². The number of carbonyl (C=O) groups is 4. The zero-order valence-corrected chi connectivity index (χ0v) is 27.5. The molecular formula is C35H42N4O8. The lowest BCUT2D eigenvalue weighted by molar-refractivity contribution is -0.153. The van der Waals surface area contributed by atoms with Gasteiger partial charge in [0.2, 0.25) is 5.78 Å². The highest BCUT2D eigenvalue weighted by Gasteiger charge is 2.64. The number of carbonyl (C=O) groups excluding carboxylic acids is 4. The van der Waals surface area contributed by atoms with E-state index in [2.05, 4.69) is 0 Å². The number of phenols is 1. The van der Waals surface area contributed by atoms with Gasteiger partial charge in [0.15, 0.2) is 11.4 Å². The molecule has 4 atom stereocenters. The molecule has 12 nitrogen and oxygen atoms in total. The van der Waals surface area contributed by atoms with Crippen LogP contribution < -0.4 is 15.5 Å². The zero-order valence-electron chi connectivity index (χ0n) is 27.5. The summed E-state index contributed by atoms with van der Waals surface area (Å²) in [5.41, 5.74) is 5.14. The molecule has 0 heterocycles. The van der Waals surface area contributed by atoms with Gasteiger partial charge in [-0.25, -0.2) is 0 Å². The minimum absolute atomic E-state index is 0.00513. The number of aliphatic hydroxyl groups is 3. The first-order valence-electron chi connectivity index (χ1n) is 15.5. The lowest BCUT2D eigenvalue weighted by Gasteiger charge is -2.50. The van der Waals surface area contributed by atoms with Crippen LogP contribution in [0.2, 0.25) is 0 Å². The van der Waals surface area contributed by atoms with Crippen molar-refractivity contribution < 1.29 is 39.6 Å². The summed E-state index contributed by atoms with van der Waals surface area (Å²) < 4.78 is 0. The van der Waals surface area contributed by atoms with Crippen LogP contribution in [0.1, 0.15) is 35.1 Å². The Morgan fingerprint density at radius 3 is 2.17 bits per heavy atom. The SMILES string of the molecule is CN(C)c1ccc(CC(=O)CCc2cc(N(C)C)c3c(c2O)C(O)=C2C(=O)C4(O)C(O)=C(C(N)=O)C(=O)C(N(C)C)C4CC2C3)cc1. The molecule has 6 N–H and O–H groups in total. The van der Waals surface area contributed by atoms with Gasteiger partial charge in [-0.2, -0.15) is 0 Å². The van der Waals surface area contributed by atoms with Crippen molar-refractivity contribution in [2.24, 2.45) is 17.6 Å². The molecule has 2 aromatic carbocycles. The van der Waals surface area contributed by atoms with Crippen LogP contribution in [0.25, 0.3) is 5.76 Å². The third-order valence-electron chi connectivity index (χ3n) is 9.79. The van der Waals surface area contributed by atoms with E-state index in [1.54, 1.807) is 34.3 Å². The Morgan fingerprint density at radius 1 is 0.979 bits per heavy atom. The zero-order chi connectivity index (χ0) is 34.7. The number of benzene rings is 2. The van der Waals surface area contributed by atoms with Crippen molar-refractivity contribution in [3.05, 3.63) is 69.5 Å². The van der Waals surface area contributed by atoms with Gasteiger partial charge >= 0.3 is 0 Å². The van der Waals surface area contributed by atoms with Crippen molar-refractivity contribution in [3.63, 3.8) is 0 Å². The highest BCUT2D eigenvalue weighted by molar-refractivity contribution is 6.24. The predicted molar refractivity (Wildman–Crippen MR) is 176 cm³/mol. The van der Waals surface area contributed by atoms with Crippen LogP contribution in [0.3, 0.4) is 0 Å². The third-order valence-corrected chi connectivity index (χ3v) is 9.79. The van der Waals surface area contributed by atoms with E-state index in [1.165, 1.54) is 4.90 Å². The van der Waals surface area contributed by atoms with E-state index in [0.29, 0.717) is 16.8 Å². The number of nitrogens with zero attached hydrogens (tertiary/aromatic N) is 3. The predicted octanol–water partition coefficient (Wildman–Crippen LogP) is 1.84. The summed E-state index contributed by atoms with van der Waals surface area (Å²) in [5.74, 6) is -7.00. The van der Waals surface area contributed by atoms with Gasteiger partial charge in [0.05, 0.1) is 11.6 Å². The largest absolute Gasteiger partial charge is 0.508 e. The second-order valence-corrected chi connectivity index (χ2v) is 13.4. The molecule has 0 bridgehead atoms. The van der Waals surface area contributed by atoms with Crippen LogP contribution in [0, 0.1) is 11.8 Å². The van der Waals surface area contributed by atoms with Crippen LogP contribution >= 0.6 is 0 Å². The van der Waals surface area contributed by atoms with Gasteiger partial charge in [-0.3, -0.25) is 24.1 Å². The van der Waals surface area contributed by atoms with E-state index in [0.717, 1.165) is 11.3 Å². The number of aryl methyl sites for hydroxylation is 1.